The Labute approximate surface area is 124 Å². The number of pyridine rings is 1. The SMILES string of the molecule is CCOP(=O)(Cc1cc(C(=O)OC)ncc1OC)OCC. The molecule has 118 valence electrons. The fourth-order valence-electron chi connectivity index (χ4n) is 1.74. The maximum Gasteiger partial charge on any atom is 0.356 e. The van der Waals surface area contributed by atoms with Gasteiger partial charge in [-0.05, 0) is 19.9 Å². The van der Waals surface area contributed by atoms with Crippen molar-refractivity contribution in [2.24, 2.45) is 0 Å². The van der Waals surface area contributed by atoms with Crippen molar-refractivity contribution in [2.45, 2.75) is 20.0 Å². The average Bonchev–Trinajstić information content (AvgIpc) is 2.46. The van der Waals surface area contributed by atoms with Crippen LogP contribution in [0, 0.1) is 0 Å². The fourth-order valence-corrected chi connectivity index (χ4v) is 3.45. The first kappa shape index (κ1) is 17.6. The molecule has 0 unspecified atom stereocenters. The Morgan fingerprint density at radius 1 is 1.24 bits per heavy atom. The second-order valence-corrected chi connectivity index (χ2v) is 6.03. The lowest BCUT2D eigenvalue weighted by molar-refractivity contribution is 0.0593. The van der Waals surface area contributed by atoms with Crippen LogP contribution in [-0.2, 0) is 24.5 Å². The first-order valence-corrected chi connectivity index (χ1v) is 8.21. The summed E-state index contributed by atoms with van der Waals surface area (Å²) in [5.74, 6) is -0.177. The zero-order chi connectivity index (χ0) is 15.9. The largest absolute Gasteiger partial charge is 0.495 e. The van der Waals surface area contributed by atoms with E-state index in [0.29, 0.717) is 11.3 Å². The van der Waals surface area contributed by atoms with Gasteiger partial charge in [0, 0.05) is 5.56 Å². The lowest BCUT2D eigenvalue weighted by Gasteiger charge is -2.18. The first-order chi connectivity index (χ1) is 9.99. The molecule has 0 aromatic carbocycles. The predicted octanol–water partition coefficient (Wildman–Crippen LogP) is 2.64. The van der Waals surface area contributed by atoms with Crippen LogP contribution in [0.4, 0.5) is 0 Å². The van der Waals surface area contributed by atoms with E-state index in [4.69, 9.17) is 13.8 Å². The highest BCUT2D eigenvalue weighted by Crippen LogP contribution is 2.52. The van der Waals surface area contributed by atoms with Gasteiger partial charge in [-0.1, -0.05) is 0 Å². The third-order valence-electron chi connectivity index (χ3n) is 2.58. The number of methoxy groups -OCH3 is 2. The van der Waals surface area contributed by atoms with Crippen LogP contribution in [0.25, 0.3) is 0 Å². The summed E-state index contributed by atoms with van der Waals surface area (Å²) >= 11 is 0. The second kappa shape index (κ2) is 8.12. The van der Waals surface area contributed by atoms with Crippen molar-refractivity contribution in [3.63, 3.8) is 0 Å². The van der Waals surface area contributed by atoms with Gasteiger partial charge in [0.1, 0.15) is 11.4 Å². The topological polar surface area (TPSA) is 84.0 Å². The van der Waals surface area contributed by atoms with Crippen LogP contribution in [-0.4, -0.2) is 38.4 Å². The van der Waals surface area contributed by atoms with Gasteiger partial charge >= 0.3 is 13.6 Å². The summed E-state index contributed by atoms with van der Waals surface area (Å²) in [6, 6.07) is 1.47. The van der Waals surface area contributed by atoms with Gasteiger partial charge in [-0.25, -0.2) is 9.78 Å². The molecule has 8 heteroatoms. The van der Waals surface area contributed by atoms with E-state index in [2.05, 4.69) is 9.72 Å². The van der Waals surface area contributed by atoms with Crippen LogP contribution in [0.5, 0.6) is 5.75 Å². The number of carbonyl (C=O) groups is 1. The quantitative estimate of drug-likeness (QED) is 0.538. The van der Waals surface area contributed by atoms with Crippen molar-refractivity contribution in [3.8, 4) is 5.75 Å². The molecule has 0 saturated heterocycles. The van der Waals surface area contributed by atoms with Crippen LogP contribution in [0.3, 0.4) is 0 Å². The third kappa shape index (κ3) is 4.81. The number of ether oxygens (including phenoxy) is 2. The van der Waals surface area contributed by atoms with E-state index < -0.39 is 13.6 Å². The Morgan fingerprint density at radius 3 is 2.33 bits per heavy atom. The van der Waals surface area contributed by atoms with Crippen molar-refractivity contribution in [1.82, 2.24) is 4.98 Å². The van der Waals surface area contributed by atoms with Gasteiger partial charge in [0.25, 0.3) is 0 Å². The Balaban J connectivity index is 3.14. The van der Waals surface area contributed by atoms with Crippen LogP contribution in [0.15, 0.2) is 12.3 Å². The van der Waals surface area contributed by atoms with Gasteiger partial charge in [-0.15, -0.1) is 0 Å². The molecule has 0 aliphatic carbocycles. The molecule has 0 fully saturated rings. The summed E-state index contributed by atoms with van der Waals surface area (Å²) in [6.07, 6.45) is 1.37. The van der Waals surface area contributed by atoms with Gasteiger partial charge in [0.05, 0.1) is 39.8 Å². The Hall–Kier alpha value is -1.43. The zero-order valence-corrected chi connectivity index (χ0v) is 13.5. The second-order valence-electron chi connectivity index (χ2n) is 3.98. The Morgan fingerprint density at radius 2 is 1.86 bits per heavy atom. The molecule has 1 rings (SSSR count). The van der Waals surface area contributed by atoms with E-state index >= 15 is 0 Å². The summed E-state index contributed by atoms with van der Waals surface area (Å²) in [7, 11) is -0.574. The Bertz CT molecular complexity index is 523. The minimum atomic E-state index is -3.30. The molecule has 0 radical (unpaired) electrons. The molecule has 0 saturated carbocycles. The molecular weight excluding hydrogens is 297 g/mol. The van der Waals surface area contributed by atoms with Crippen molar-refractivity contribution >= 4 is 13.6 Å². The molecule has 0 atom stereocenters. The number of hydrogen-bond donors (Lipinski definition) is 0. The first-order valence-electron chi connectivity index (χ1n) is 6.49. The number of nitrogens with zero attached hydrogens (tertiary/aromatic N) is 1. The minimum Gasteiger partial charge on any atom is -0.495 e. The van der Waals surface area contributed by atoms with Gasteiger partial charge in [0.2, 0.25) is 0 Å². The van der Waals surface area contributed by atoms with Gasteiger partial charge in [-0.2, -0.15) is 0 Å². The highest BCUT2D eigenvalue weighted by atomic mass is 31.2. The summed E-state index contributed by atoms with van der Waals surface area (Å²) in [5, 5.41) is 0. The van der Waals surface area contributed by atoms with Crippen LogP contribution in [0.2, 0.25) is 0 Å². The van der Waals surface area contributed by atoms with Gasteiger partial charge in [-0.3, -0.25) is 4.57 Å². The molecule has 21 heavy (non-hydrogen) atoms. The predicted molar refractivity (Wildman–Crippen MR) is 76.7 cm³/mol. The van der Waals surface area contributed by atoms with E-state index in [1.165, 1.54) is 26.5 Å². The zero-order valence-electron chi connectivity index (χ0n) is 12.6. The molecule has 0 bridgehead atoms. The van der Waals surface area contributed by atoms with E-state index in [9.17, 15) is 9.36 Å². The third-order valence-corrected chi connectivity index (χ3v) is 4.61. The summed E-state index contributed by atoms with van der Waals surface area (Å²) in [5.41, 5.74) is 0.617. The van der Waals surface area contributed by atoms with Gasteiger partial charge in [0.15, 0.2) is 0 Å². The molecule has 7 nitrogen and oxygen atoms in total. The number of hydrogen-bond acceptors (Lipinski definition) is 7. The number of rotatable bonds is 8. The van der Waals surface area contributed by atoms with E-state index in [1.54, 1.807) is 13.8 Å². The highest BCUT2D eigenvalue weighted by Gasteiger charge is 2.27. The van der Waals surface area contributed by atoms with Crippen LogP contribution >= 0.6 is 7.60 Å². The lowest BCUT2D eigenvalue weighted by atomic mass is 10.2. The molecule has 0 spiro atoms. The maximum absolute atomic E-state index is 12.6. The van der Waals surface area contributed by atoms with Gasteiger partial charge < -0.3 is 18.5 Å². The lowest BCUT2D eigenvalue weighted by Crippen LogP contribution is -2.07. The molecule has 1 aromatic rings. The Kier molecular flexibility index (Phi) is 6.81. The fraction of sp³-hybridized carbons (Fsp3) is 0.538. The van der Waals surface area contributed by atoms with E-state index in [-0.39, 0.29) is 25.1 Å². The molecule has 0 N–H and O–H groups in total. The monoisotopic (exact) mass is 317 g/mol. The standard InChI is InChI=1S/C13H20NO6P/c1-5-19-21(16,20-6-2)9-10-7-11(13(15)18-4)14-8-12(10)17-3/h7-8H,5-6,9H2,1-4H3. The number of aromatic nitrogens is 1. The maximum atomic E-state index is 12.6. The highest BCUT2D eigenvalue weighted by molar-refractivity contribution is 7.53. The van der Waals surface area contributed by atoms with Crippen LogP contribution < -0.4 is 4.74 Å². The molecule has 1 heterocycles. The summed E-state index contributed by atoms with van der Waals surface area (Å²) in [6.45, 7) is 3.98. The molecule has 0 aliphatic heterocycles. The van der Waals surface area contributed by atoms with Crippen molar-refractivity contribution in [3.05, 3.63) is 23.5 Å². The number of esters is 1. The normalized spacial score (nSPS) is 11.2. The van der Waals surface area contributed by atoms with Crippen molar-refractivity contribution in [2.75, 3.05) is 27.4 Å². The van der Waals surface area contributed by atoms with Crippen molar-refractivity contribution in [1.29, 1.82) is 0 Å². The van der Waals surface area contributed by atoms with E-state index in [0.717, 1.165) is 0 Å². The minimum absolute atomic E-state index is 0.00956. The summed E-state index contributed by atoms with van der Waals surface area (Å²) in [4.78, 5) is 15.5. The molecule has 1 aromatic heterocycles. The average molecular weight is 317 g/mol. The van der Waals surface area contributed by atoms with E-state index in [1.807, 2.05) is 0 Å². The molecule has 0 aliphatic rings. The number of carbonyl (C=O) groups excluding carboxylic acids is 1. The summed E-state index contributed by atoms with van der Waals surface area (Å²) < 4.78 is 32.8. The molecule has 0 amide bonds. The smallest absolute Gasteiger partial charge is 0.356 e. The molecular formula is C13H20NO6P. The van der Waals surface area contributed by atoms with Crippen LogP contribution in [0.1, 0.15) is 29.9 Å². The van der Waals surface area contributed by atoms with Crippen molar-refractivity contribution < 1.29 is 27.9 Å².